The highest BCUT2D eigenvalue weighted by molar-refractivity contribution is 7.89. The molecule has 1 heterocycles. The first-order chi connectivity index (χ1) is 10.9. The van der Waals surface area contributed by atoms with E-state index in [9.17, 15) is 12.8 Å². The van der Waals surface area contributed by atoms with Gasteiger partial charge in [0, 0.05) is 19.1 Å². The van der Waals surface area contributed by atoms with Crippen molar-refractivity contribution in [2.45, 2.75) is 24.8 Å². The molecule has 0 aliphatic heterocycles. The molecular formula is C16H20FN3O2S. The van der Waals surface area contributed by atoms with Gasteiger partial charge in [0.15, 0.2) is 0 Å². The van der Waals surface area contributed by atoms with Crippen molar-refractivity contribution in [3.05, 3.63) is 59.7 Å². The predicted octanol–water partition coefficient (Wildman–Crippen LogP) is 2.16. The molecule has 0 spiro atoms. The van der Waals surface area contributed by atoms with Crippen molar-refractivity contribution in [1.29, 1.82) is 0 Å². The Kier molecular flexibility index (Phi) is 5.81. The van der Waals surface area contributed by atoms with Crippen LogP contribution in [0.5, 0.6) is 0 Å². The maximum atomic E-state index is 12.8. The SMILES string of the molecule is Cc1ccc(S(=O)(=O)NCCN[C@H](C)c2ccc(F)cn2)cc1. The minimum Gasteiger partial charge on any atom is -0.308 e. The van der Waals surface area contributed by atoms with Gasteiger partial charge in [-0.05, 0) is 38.1 Å². The standard InChI is InChI=1S/C16H20FN3O2S/c1-12-3-6-15(7-4-12)23(21,22)20-10-9-18-13(2)16-8-5-14(17)11-19-16/h3-8,11,13,18,20H,9-10H2,1-2H3/t13-/m1/s1. The summed E-state index contributed by atoms with van der Waals surface area (Å²) in [6.45, 7) is 4.47. The first-order valence-electron chi connectivity index (χ1n) is 7.29. The van der Waals surface area contributed by atoms with Crippen molar-refractivity contribution in [1.82, 2.24) is 15.0 Å². The molecule has 1 aromatic carbocycles. The second-order valence-electron chi connectivity index (χ2n) is 5.29. The topological polar surface area (TPSA) is 71.1 Å². The number of benzene rings is 1. The number of aryl methyl sites for hydroxylation is 1. The molecule has 0 radical (unpaired) electrons. The van der Waals surface area contributed by atoms with E-state index in [0.29, 0.717) is 12.2 Å². The Morgan fingerprint density at radius 2 is 1.83 bits per heavy atom. The van der Waals surface area contributed by atoms with Crippen molar-refractivity contribution in [2.24, 2.45) is 0 Å². The lowest BCUT2D eigenvalue weighted by Crippen LogP contribution is -2.33. The lowest BCUT2D eigenvalue weighted by Gasteiger charge is -2.13. The fraction of sp³-hybridized carbons (Fsp3) is 0.312. The summed E-state index contributed by atoms with van der Waals surface area (Å²) in [6, 6.07) is 9.53. The van der Waals surface area contributed by atoms with Crippen LogP contribution in [0.15, 0.2) is 47.5 Å². The number of nitrogens with zero attached hydrogens (tertiary/aromatic N) is 1. The van der Waals surface area contributed by atoms with E-state index in [2.05, 4.69) is 15.0 Å². The van der Waals surface area contributed by atoms with Gasteiger partial charge >= 0.3 is 0 Å². The Bertz CT molecular complexity index is 731. The molecule has 5 nitrogen and oxygen atoms in total. The number of hydrogen-bond donors (Lipinski definition) is 2. The third-order valence-corrected chi connectivity index (χ3v) is 4.87. The molecule has 0 saturated heterocycles. The quantitative estimate of drug-likeness (QED) is 0.760. The van der Waals surface area contributed by atoms with E-state index >= 15 is 0 Å². The zero-order valence-corrected chi connectivity index (χ0v) is 13.9. The van der Waals surface area contributed by atoms with Gasteiger partial charge in [0.2, 0.25) is 10.0 Å². The molecule has 1 aromatic heterocycles. The first-order valence-corrected chi connectivity index (χ1v) is 8.78. The molecule has 0 amide bonds. The van der Waals surface area contributed by atoms with Crippen molar-refractivity contribution in [2.75, 3.05) is 13.1 Å². The smallest absolute Gasteiger partial charge is 0.240 e. The highest BCUT2D eigenvalue weighted by Gasteiger charge is 2.13. The summed E-state index contributed by atoms with van der Waals surface area (Å²) < 4.78 is 39.6. The largest absolute Gasteiger partial charge is 0.308 e. The maximum Gasteiger partial charge on any atom is 0.240 e. The summed E-state index contributed by atoms with van der Waals surface area (Å²) in [5.41, 5.74) is 1.71. The van der Waals surface area contributed by atoms with E-state index in [1.807, 2.05) is 13.8 Å². The Morgan fingerprint density at radius 3 is 2.43 bits per heavy atom. The molecule has 0 fully saturated rings. The molecule has 0 saturated carbocycles. The number of nitrogens with one attached hydrogen (secondary N) is 2. The molecule has 2 rings (SSSR count). The van der Waals surface area contributed by atoms with Crippen LogP contribution in [0.1, 0.15) is 24.2 Å². The first kappa shape index (κ1) is 17.5. The van der Waals surface area contributed by atoms with Gasteiger partial charge in [0.05, 0.1) is 16.8 Å². The van der Waals surface area contributed by atoms with Gasteiger partial charge in [-0.1, -0.05) is 17.7 Å². The van der Waals surface area contributed by atoms with Crippen LogP contribution in [0.4, 0.5) is 4.39 Å². The lowest BCUT2D eigenvalue weighted by atomic mass is 10.2. The Hall–Kier alpha value is -1.83. The second kappa shape index (κ2) is 7.63. The van der Waals surface area contributed by atoms with E-state index in [4.69, 9.17) is 0 Å². The average Bonchev–Trinajstić information content (AvgIpc) is 2.52. The van der Waals surface area contributed by atoms with Gasteiger partial charge in [-0.2, -0.15) is 0 Å². The molecule has 0 aliphatic carbocycles. The third kappa shape index (κ3) is 5.09. The van der Waals surface area contributed by atoms with Gasteiger partial charge in [0.1, 0.15) is 5.82 Å². The lowest BCUT2D eigenvalue weighted by molar-refractivity contribution is 0.543. The summed E-state index contributed by atoms with van der Waals surface area (Å²) in [5, 5.41) is 3.14. The van der Waals surface area contributed by atoms with Crippen molar-refractivity contribution < 1.29 is 12.8 Å². The summed E-state index contributed by atoms with van der Waals surface area (Å²) in [7, 11) is -3.50. The molecule has 124 valence electrons. The van der Waals surface area contributed by atoms with Crippen molar-refractivity contribution in [3.8, 4) is 0 Å². The van der Waals surface area contributed by atoms with Gasteiger partial charge in [-0.3, -0.25) is 4.98 Å². The predicted molar refractivity (Wildman–Crippen MR) is 87.0 cm³/mol. The minimum absolute atomic E-state index is 0.0977. The summed E-state index contributed by atoms with van der Waals surface area (Å²) in [5.74, 6) is -0.383. The molecule has 0 bridgehead atoms. The van der Waals surface area contributed by atoms with Gasteiger partial charge < -0.3 is 5.32 Å². The number of sulfonamides is 1. The molecule has 0 aliphatic rings. The van der Waals surface area contributed by atoms with E-state index < -0.39 is 10.0 Å². The normalized spacial score (nSPS) is 13.0. The van der Waals surface area contributed by atoms with Crippen LogP contribution < -0.4 is 10.0 Å². The number of halogens is 1. The zero-order valence-electron chi connectivity index (χ0n) is 13.1. The number of aromatic nitrogens is 1. The fourth-order valence-electron chi connectivity index (χ4n) is 2.02. The van der Waals surface area contributed by atoms with Crippen LogP contribution >= 0.6 is 0 Å². The number of rotatable bonds is 7. The van der Waals surface area contributed by atoms with Crippen LogP contribution in [-0.4, -0.2) is 26.5 Å². The molecule has 23 heavy (non-hydrogen) atoms. The third-order valence-electron chi connectivity index (χ3n) is 3.39. The highest BCUT2D eigenvalue weighted by Crippen LogP contribution is 2.10. The van der Waals surface area contributed by atoms with Crippen LogP contribution in [0.2, 0.25) is 0 Å². The second-order valence-corrected chi connectivity index (χ2v) is 7.05. The summed E-state index contributed by atoms with van der Waals surface area (Å²) in [4.78, 5) is 4.23. The average molecular weight is 337 g/mol. The van der Waals surface area contributed by atoms with Crippen LogP contribution in [0.25, 0.3) is 0 Å². The molecule has 1 atom stereocenters. The Morgan fingerprint density at radius 1 is 1.13 bits per heavy atom. The molecule has 2 aromatic rings. The minimum atomic E-state index is -3.50. The Balaban J connectivity index is 1.82. The molecule has 0 unspecified atom stereocenters. The van der Waals surface area contributed by atoms with Crippen LogP contribution in [-0.2, 0) is 10.0 Å². The monoisotopic (exact) mass is 337 g/mol. The van der Waals surface area contributed by atoms with Crippen LogP contribution in [0, 0.1) is 12.7 Å². The molecular weight excluding hydrogens is 317 g/mol. The summed E-state index contributed by atoms with van der Waals surface area (Å²) >= 11 is 0. The van der Waals surface area contributed by atoms with Gasteiger partial charge in [-0.25, -0.2) is 17.5 Å². The zero-order chi connectivity index (χ0) is 16.9. The highest BCUT2D eigenvalue weighted by atomic mass is 32.2. The van der Waals surface area contributed by atoms with E-state index in [1.165, 1.54) is 6.07 Å². The molecule has 7 heteroatoms. The van der Waals surface area contributed by atoms with Crippen molar-refractivity contribution >= 4 is 10.0 Å². The Labute approximate surface area is 136 Å². The summed E-state index contributed by atoms with van der Waals surface area (Å²) in [6.07, 6.45) is 1.16. The van der Waals surface area contributed by atoms with E-state index in [1.54, 1.807) is 30.3 Å². The fourth-order valence-corrected chi connectivity index (χ4v) is 3.05. The van der Waals surface area contributed by atoms with Gasteiger partial charge in [0.25, 0.3) is 0 Å². The van der Waals surface area contributed by atoms with Gasteiger partial charge in [-0.15, -0.1) is 0 Å². The maximum absolute atomic E-state index is 12.8. The van der Waals surface area contributed by atoms with E-state index in [-0.39, 0.29) is 23.3 Å². The van der Waals surface area contributed by atoms with Crippen LogP contribution in [0.3, 0.4) is 0 Å². The van der Waals surface area contributed by atoms with E-state index in [0.717, 1.165) is 11.8 Å². The number of pyridine rings is 1. The van der Waals surface area contributed by atoms with Crippen molar-refractivity contribution in [3.63, 3.8) is 0 Å². The molecule has 2 N–H and O–H groups in total. The number of hydrogen-bond acceptors (Lipinski definition) is 4.